The zero-order valence-corrected chi connectivity index (χ0v) is 15.4. The van der Waals surface area contributed by atoms with Crippen molar-refractivity contribution >= 4 is 17.8 Å². The van der Waals surface area contributed by atoms with Gasteiger partial charge < -0.3 is 10.2 Å². The van der Waals surface area contributed by atoms with E-state index in [4.69, 9.17) is 0 Å². The van der Waals surface area contributed by atoms with E-state index in [1.165, 1.54) is 0 Å². The van der Waals surface area contributed by atoms with Crippen LogP contribution in [0.3, 0.4) is 0 Å². The maximum absolute atomic E-state index is 12.9. The molecule has 0 saturated carbocycles. The molecular formula is C19H27N3O3. The molecule has 2 rings (SSSR count). The Morgan fingerprint density at radius 1 is 1.20 bits per heavy atom. The van der Waals surface area contributed by atoms with Crippen molar-refractivity contribution < 1.29 is 14.4 Å². The molecule has 4 amide bonds. The fourth-order valence-electron chi connectivity index (χ4n) is 2.90. The second kappa shape index (κ2) is 7.68. The van der Waals surface area contributed by atoms with E-state index < -0.39 is 17.6 Å². The predicted molar refractivity (Wildman–Crippen MR) is 95.7 cm³/mol. The molecule has 6 heteroatoms. The average Bonchev–Trinajstić information content (AvgIpc) is 2.80. The van der Waals surface area contributed by atoms with Crippen LogP contribution in [-0.2, 0) is 16.1 Å². The van der Waals surface area contributed by atoms with Gasteiger partial charge in [-0.05, 0) is 32.8 Å². The number of hydrogen-bond acceptors (Lipinski definition) is 3. The molecule has 25 heavy (non-hydrogen) atoms. The topological polar surface area (TPSA) is 69.7 Å². The number of benzene rings is 1. The van der Waals surface area contributed by atoms with Crippen molar-refractivity contribution in [2.24, 2.45) is 0 Å². The fourth-order valence-corrected chi connectivity index (χ4v) is 2.90. The molecule has 1 aliphatic heterocycles. The number of carbonyl (C=O) groups excluding carboxylic acids is 3. The lowest BCUT2D eigenvalue weighted by Crippen LogP contribution is -2.50. The number of hydrogen-bond donors (Lipinski definition) is 1. The van der Waals surface area contributed by atoms with Gasteiger partial charge in [0.25, 0.3) is 5.91 Å². The third-order valence-corrected chi connectivity index (χ3v) is 4.27. The second-order valence-electron chi connectivity index (χ2n) is 7.35. The van der Waals surface area contributed by atoms with Crippen molar-refractivity contribution in [3.05, 3.63) is 35.9 Å². The summed E-state index contributed by atoms with van der Waals surface area (Å²) in [5, 5.41) is 2.65. The summed E-state index contributed by atoms with van der Waals surface area (Å²) in [5.41, 5.74) is 0.585. The minimum atomic E-state index is -0.512. The van der Waals surface area contributed by atoms with Gasteiger partial charge in [0.2, 0.25) is 5.91 Å². The number of nitrogens with one attached hydrogen (secondary N) is 1. The van der Waals surface area contributed by atoms with E-state index in [1.807, 2.05) is 58.0 Å². The Bertz CT molecular complexity index is 637. The van der Waals surface area contributed by atoms with E-state index in [0.29, 0.717) is 13.0 Å². The quantitative estimate of drug-likeness (QED) is 0.806. The van der Waals surface area contributed by atoms with Crippen LogP contribution in [-0.4, -0.2) is 45.8 Å². The molecule has 1 saturated heterocycles. The lowest BCUT2D eigenvalue weighted by molar-refractivity contribution is -0.141. The fraction of sp³-hybridized carbons (Fsp3) is 0.526. The molecule has 1 aliphatic rings. The largest absolute Gasteiger partial charge is 0.332 e. The SMILES string of the molecule is CCC[C@H]1NC(=O)N(CC(=O)N(Cc2ccccc2)C(C)(C)C)C1=O. The van der Waals surface area contributed by atoms with Crippen molar-refractivity contribution in [2.45, 2.75) is 58.7 Å². The summed E-state index contributed by atoms with van der Waals surface area (Å²) >= 11 is 0. The molecule has 0 bridgehead atoms. The Hall–Kier alpha value is -2.37. The van der Waals surface area contributed by atoms with Gasteiger partial charge in [0.1, 0.15) is 12.6 Å². The van der Waals surface area contributed by atoms with Crippen molar-refractivity contribution in [1.82, 2.24) is 15.1 Å². The monoisotopic (exact) mass is 345 g/mol. The maximum Gasteiger partial charge on any atom is 0.325 e. The van der Waals surface area contributed by atoms with Crippen LogP contribution < -0.4 is 5.32 Å². The second-order valence-corrected chi connectivity index (χ2v) is 7.35. The van der Waals surface area contributed by atoms with Gasteiger partial charge in [0.05, 0.1) is 0 Å². The normalized spacial score (nSPS) is 17.6. The molecule has 0 spiro atoms. The molecule has 1 heterocycles. The summed E-state index contributed by atoms with van der Waals surface area (Å²) < 4.78 is 0. The molecule has 136 valence electrons. The van der Waals surface area contributed by atoms with E-state index >= 15 is 0 Å². The number of nitrogens with zero attached hydrogens (tertiary/aromatic N) is 2. The first-order chi connectivity index (χ1) is 11.7. The average molecular weight is 345 g/mol. The highest BCUT2D eigenvalue weighted by Gasteiger charge is 2.40. The molecule has 6 nitrogen and oxygen atoms in total. The van der Waals surface area contributed by atoms with Crippen LogP contribution >= 0.6 is 0 Å². The molecule has 0 aliphatic carbocycles. The Morgan fingerprint density at radius 3 is 2.40 bits per heavy atom. The van der Waals surface area contributed by atoms with Gasteiger partial charge in [0, 0.05) is 12.1 Å². The van der Waals surface area contributed by atoms with Crippen molar-refractivity contribution in [3.63, 3.8) is 0 Å². The number of imide groups is 1. The number of rotatable bonds is 6. The highest BCUT2D eigenvalue weighted by atomic mass is 16.2. The number of amides is 4. The predicted octanol–water partition coefficient (Wildman–Crippen LogP) is 2.53. The summed E-state index contributed by atoms with van der Waals surface area (Å²) in [6.07, 6.45) is 1.38. The first-order valence-electron chi connectivity index (χ1n) is 8.70. The summed E-state index contributed by atoms with van der Waals surface area (Å²) in [4.78, 5) is 40.0. The van der Waals surface area contributed by atoms with Crippen LogP contribution in [0.4, 0.5) is 4.79 Å². The lowest BCUT2D eigenvalue weighted by Gasteiger charge is -2.36. The van der Waals surface area contributed by atoms with E-state index in [-0.39, 0.29) is 18.4 Å². The van der Waals surface area contributed by atoms with E-state index in [1.54, 1.807) is 4.90 Å². The van der Waals surface area contributed by atoms with E-state index in [2.05, 4.69) is 5.32 Å². The highest BCUT2D eigenvalue weighted by Crippen LogP contribution is 2.19. The molecule has 0 aromatic heterocycles. The Morgan fingerprint density at radius 2 is 1.84 bits per heavy atom. The van der Waals surface area contributed by atoms with Crippen LogP contribution in [0.2, 0.25) is 0 Å². The molecular weight excluding hydrogens is 318 g/mol. The first kappa shape index (κ1) is 19.0. The van der Waals surface area contributed by atoms with Crippen LogP contribution in [0, 0.1) is 0 Å². The van der Waals surface area contributed by atoms with Gasteiger partial charge in [-0.15, -0.1) is 0 Å². The molecule has 1 aromatic carbocycles. The summed E-state index contributed by atoms with van der Waals surface area (Å²) in [7, 11) is 0. The summed E-state index contributed by atoms with van der Waals surface area (Å²) in [6, 6.07) is 8.69. The lowest BCUT2D eigenvalue weighted by atomic mass is 10.0. The minimum absolute atomic E-state index is 0.227. The van der Waals surface area contributed by atoms with Crippen molar-refractivity contribution in [2.75, 3.05) is 6.54 Å². The molecule has 1 N–H and O–H groups in total. The van der Waals surface area contributed by atoms with Gasteiger partial charge >= 0.3 is 6.03 Å². The summed E-state index contributed by atoms with van der Waals surface area (Å²) in [5.74, 6) is -0.550. The zero-order chi connectivity index (χ0) is 18.6. The minimum Gasteiger partial charge on any atom is -0.332 e. The van der Waals surface area contributed by atoms with Crippen LogP contribution in [0.25, 0.3) is 0 Å². The van der Waals surface area contributed by atoms with Gasteiger partial charge in [-0.25, -0.2) is 4.79 Å². The number of carbonyl (C=O) groups is 3. The highest BCUT2D eigenvalue weighted by molar-refractivity contribution is 6.06. The van der Waals surface area contributed by atoms with Gasteiger partial charge in [0.15, 0.2) is 0 Å². The summed E-state index contributed by atoms with van der Waals surface area (Å²) in [6.45, 7) is 7.99. The van der Waals surface area contributed by atoms with Crippen LogP contribution in [0.15, 0.2) is 30.3 Å². The molecule has 1 aromatic rings. The van der Waals surface area contributed by atoms with Gasteiger partial charge in [-0.1, -0.05) is 43.7 Å². The standard InChI is InChI=1S/C19H27N3O3/c1-5-9-15-17(24)21(18(25)20-15)13-16(23)22(19(2,3)4)12-14-10-7-6-8-11-14/h6-8,10-11,15H,5,9,12-13H2,1-4H3,(H,20,25)/t15-/m1/s1. The Kier molecular flexibility index (Phi) is 5.82. The zero-order valence-electron chi connectivity index (χ0n) is 15.4. The Labute approximate surface area is 149 Å². The van der Waals surface area contributed by atoms with Crippen molar-refractivity contribution in [1.29, 1.82) is 0 Å². The molecule has 0 radical (unpaired) electrons. The van der Waals surface area contributed by atoms with Crippen molar-refractivity contribution in [3.8, 4) is 0 Å². The van der Waals surface area contributed by atoms with Crippen LogP contribution in [0.5, 0.6) is 0 Å². The maximum atomic E-state index is 12.9. The van der Waals surface area contributed by atoms with Crippen LogP contribution in [0.1, 0.15) is 46.1 Å². The van der Waals surface area contributed by atoms with E-state index in [9.17, 15) is 14.4 Å². The smallest absolute Gasteiger partial charge is 0.325 e. The molecule has 1 fully saturated rings. The third-order valence-electron chi connectivity index (χ3n) is 4.27. The molecule has 0 unspecified atom stereocenters. The molecule has 1 atom stereocenters. The van der Waals surface area contributed by atoms with Gasteiger partial charge in [-0.2, -0.15) is 0 Å². The first-order valence-corrected chi connectivity index (χ1v) is 8.70. The Balaban J connectivity index is 2.12. The third kappa shape index (κ3) is 4.59. The van der Waals surface area contributed by atoms with E-state index in [0.717, 1.165) is 16.9 Å². The van der Waals surface area contributed by atoms with Gasteiger partial charge in [-0.3, -0.25) is 14.5 Å². The number of urea groups is 1.